The molecule has 1 N–H and O–H groups in total. The number of aromatic nitrogens is 2. The van der Waals surface area contributed by atoms with Gasteiger partial charge in [-0.25, -0.2) is 9.97 Å². The molecule has 1 aromatic rings. The maximum atomic E-state index is 12.7. The number of amides is 2. The van der Waals surface area contributed by atoms with E-state index < -0.39 is 5.41 Å². The Morgan fingerprint density at radius 1 is 1.19 bits per heavy atom. The van der Waals surface area contributed by atoms with Crippen molar-refractivity contribution in [2.24, 2.45) is 5.41 Å². The summed E-state index contributed by atoms with van der Waals surface area (Å²) in [6.45, 7) is 9.92. The molecular weight excluding hydrogens is 434 g/mol. The number of piperazine rings is 1. The van der Waals surface area contributed by atoms with Crippen molar-refractivity contribution in [3.63, 3.8) is 0 Å². The normalized spacial score (nSPS) is 20.6. The Bertz CT molecular complexity index is 795. The molecule has 0 bridgehead atoms. The fourth-order valence-corrected chi connectivity index (χ4v) is 5.05. The van der Waals surface area contributed by atoms with Gasteiger partial charge in [-0.2, -0.15) is 0 Å². The topological polar surface area (TPSA) is 78.4 Å². The van der Waals surface area contributed by atoms with Gasteiger partial charge in [0.25, 0.3) is 0 Å². The third-order valence-electron chi connectivity index (χ3n) is 5.82. The standard InChI is InChI=1S/C22H34ClN5O2S/c1-15-13-27(10-11-28(15)20(30)22(2,3)4)18-12-17(23)25-21(26-18)31-14-19(29)24-16-8-6-5-7-9-16/h12,15-16H,5-11,13-14H2,1-4H3,(H,24,29). The fraction of sp³-hybridized carbons (Fsp3) is 0.727. The van der Waals surface area contributed by atoms with Gasteiger partial charge in [-0.3, -0.25) is 9.59 Å². The zero-order chi connectivity index (χ0) is 22.6. The predicted molar refractivity (Wildman–Crippen MR) is 126 cm³/mol. The van der Waals surface area contributed by atoms with Crippen molar-refractivity contribution in [2.75, 3.05) is 30.3 Å². The third kappa shape index (κ3) is 6.72. The van der Waals surface area contributed by atoms with Gasteiger partial charge in [0.15, 0.2) is 5.16 Å². The van der Waals surface area contributed by atoms with Crippen LogP contribution in [0.25, 0.3) is 0 Å². The van der Waals surface area contributed by atoms with Gasteiger partial charge in [0.2, 0.25) is 11.8 Å². The molecule has 1 aliphatic carbocycles. The van der Waals surface area contributed by atoms with E-state index >= 15 is 0 Å². The third-order valence-corrected chi connectivity index (χ3v) is 6.86. The summed E-state index contributed by atoms with van der Waals surface area (Å²) in [6, 6.07) is 2.12. The number of carbonyl (C=O) groups excluding carboxylic acids is 2. The highest BCUT2D eigenvalue weighted by Crippen LogP contribution is 2.26. The molecule has 3 rings (SSSR count). The zero-order valence-electron chi connectivity index (χ0n) is 19.0. The Balaban J connectivity index is 1.58. The first-order valence-corrected chi connectivity index (χ1v) is 12.5. The molecule has 2 amide bonds. The van der Waals surface area contributed by atoms with Gasteiger partial charge >= 0.3 is 0 Å². The molecule has 1 aliphatic heterocycles. The molecule has 1 unspecified atom stereocenters. The summed E-state index contributed by atoms with van der Waals surface area (Å²) >= 11 is 7.57. The van der Waals surface area contributed by atoms with Crippen LogP contribution in [0.3, 0.4) is 0 Å². The van der Waals surface area contributed by atoms with Crippen molar-refractivity contribution in [3.05, 3.63) is 11.2 Å². The van der Waals surface area contributed by atoms with Gasteiger partial charge in [-0.1, -0.05) is 63.4 Å². The molecule has 2 fully saturated rings. The summed E-state index contributed by atoms with van der Waals surface area (Å²) in [7, 11) is 0. The van der Waals surface area contributed by atoms with Crippen LogP contribution in [0.15, 0.2) is 11.2 Å². The number of halogens is 1. The smallest absolute Gasteiger partial charge is 0.230 e. The van der Waals surface area contributed by atoms with E-state index in [4.69, 9.17) is 11.6 Å². The Morgan fingerprint density at radius 3 is 2.55 bits per heavy atom. The van der Waals surface area contributed by atoms with Crippen LogP contribution in [-0.2, 0) is 9.59 Å². The SMILES string of the molecule is CC1CN(c2cc(Cl)nc(SCC(=O)NC3CCCCC3)n2)CCN1C(=O)C(C)(C)C. The number of hydrogen-bond donors (Lipinski definition) is 1. The largest absolute Gasteiger partial charge is 0.353 e. The van der Waals surface area contributed by atoms with Crippen LogP contribution >= 0.6 is 23.4 Å². The van der Waals surface area contributed by atoms with Crippen LogP contribution in [0, 0.1) is 5.41 Å². The number of nitrogens with one attached hydrogen (secondary N) is 1. The number of nitrogens with zero attached hydrogens (tertiary/aromatic N) is 4. The van der Waals surface area contributed by atoms with Crippen LogP contribution in [0.4, 0.5) is 5.82 Å². The monoisotopic (exact) mass is 467 g/mol. The fourth-order valence-electron chi connectivity index (χ4n) is 4.16. The van der Waals surface area contributed by atoms with E-state index in [1.807, 2.05) is 25.7 Å². The number of anilines is 1. The van der Waals surface area contributed by atoms with Crippen molar-refractivity contribution in [3.8, 4) is 0 Å². The first-order valence-electron chi connectivity index (χ1n) is 11.2. The minimum atomic E-state index is -0.392. The minimum Gasteiger partial charge on any atom is -0.353 e. The molecule has 172 valence electrons. The maximum absolute atomic E-state index is 12.7. The van der Waals surface area contributed by atoms with Crippen LogP contribution in [0.5, 0.6) is 0 Å². The van der Waals surface area contributed by atoms with Gasteiger partial charge in [0.05, 0.1) is 5.75 Å². The Hall–Kier alpha value is -1.54. The average molecular weight is 468 g/mol. The van der Waals surface area contributed by atoms with E-state index in [9.17, 15) is 9.59 Å². The zero-order valence-corrected chi connectivity index (χ0v) is 20.6. The molecule has 2 aliphatic rings. The quantitative estimate of drug-likeness (QED) is 0.403. The van der Waals surface area contributed by atoms with Crippen LogP contribution in [0.1, 0.15) is 59.8 Å². The lowest BCUT2D eigenvalue weighted by Crippen LogP contribution is -2.56. The molecule has 7 nitrogen and oxygen atoms in total. The molecule has 0 aromatic carbocycles. The number of rotatable bonds is 5. The molecule has 1 saturated carbocycles. The van der Waals surface area contributed by atoms with Gasteiger partial charge in [0.1, 0.15) is 11.0 Å². The van der Waals surface area contributed by atoms with Crippen molar-refractivity contribution in [2.45, 2.75) is 77.0 Å². The van der Waals surface area contributed by atoms with Gasteiger partial charge < -0.3 is 15.1 Å². The van der Waals surface area contributed by atoms with Crippen molar-refractivity contribution in [1.29, 1.82) is 0 Å². The van der Waals surface area contributed by atoms with E-state index in [-0.39, 0.29) is 23.6 Å². The Kier molecular flexibility index (Phi) is 8.08. The van der Waals surface area contributed by atoms with Gasteiger partial charge in [0, 0.05) is 43.2 Å². The predicted octanol–water partition coefficient (Wildman–Crippen LogP) is 3.75. The second-order valence-corrected chi connectivity index (χ2v) is 10.9. The Labute approximate surface area is 194 Å². The van der Waals surface area contributed by atoms with Crippen molar-refractivity contribution >= 4 is 41.0 Å². The summed E-state index contributed by atoms with van der Waals surface area (Å²) in [5.41, 5.74) is -0.392. The lowest BCUT2D eigenvalue weighted by molar-refractivity contribution is -0.142. The van der Waals surface area contributed by atoms with E-state index in [0.717, 1.165) is 18.7 Å². The second-order valence-electron chi connectivity index (χ2n) is 9.57. The van der Waals surface area contributed by atoms with E-state index in [1.165, 1.54) is 31.0 Å². The minimum absolute atomic E-state index is 0.0185. The Morgan fingerprint density at radius 2 is 1.90 bits per heavy atom. The first kappa shape index (κ1) is 24.1. The highest BCUT2D eigenvalue weighted by Gasteiger charge is 2.34. The number of carbonyl (C=O) groups is 2. The van der Waals surface area contributed by atoms with Crippen LogP contribution in [-0.4, -0.2) is 64.2 Å². The molecular formula is C22H34ClN5O2S. The molecule has 31 heavy (non-hydrogen) atoms. The first-order chi connectivity index (χ1) is 14.6. The molecule has 1 atom stereocenters. The maximum Gasteiger partial charge on any atom is 0.230 e. The van der Waals surface area contributed by atoms with Crippen molar-refractivity contribution < 1.29 is 9.59 Å². The van der Waals surface area contributed by atoms with E-state index in [1.54, 1.807) is 6.07 Å². The summed E-state index contributed by atoms with van der Waals surface area (Å²) in [6.07, 6.45) is 5.77. The van der Waals surface area contributed by atoms with Crippen molar-refractivity contribution in [1.82, 2.24) is 20.2 Å². The highest BCUT2D eigenvalue weighted by molar-refractivity contribution is 7.99. The van der Waals surface area contributed by atoms with Gasteiger partial charge in [-0.15, -0.1) is 0 Å². The highest BCUT2D eigenvalue weighted by atomic mass is 35.5. The summed E-state index contributed by atoms with van der Waals surface area (Å²) < 4.78 is 0. The van der Waals surface area contributed by atoms with E-state index in [2.05, 4.69) is 27.1 Å². The van der Waals surface area contributed by atoms with Gasteiger partial charge in [-0.05, 0) is 19.8 Å². The van der Waals surface area contributed by atoms with E-state index in [0.29, 0.717) is 36.0 Å². The van der Waals surface area contributed by atoms with Crippen LogP contribution in [0.2, 0.25) is 5.15 Å². The molecule has 1 aromatic heterocycles. The number of hydrogen-bond acceptors (Lipinski definition) is 6. The molecule has 9 heteroatoms. The average Bonchev–Trinajstić information content (AvgIpc) is 2.71. The molecule has 1 saturated heterocycles. The van der Waals surface area contributed by atoms with Crippen LogP contribution < -0.4 is 10.2 Å². The lowest BCUT2D eigenvalue weighted by atomic mass is 9.93. The number of thioether (sulfide) groups is 1. The molecule has 0 radical (unpaired) electrons. The molecule has 0 spiro atoms. The summed E-state index contributed by atoms with van der Waals surface area (Å²) in [4.78, 5) is 38.0. The second kappa shape index (κ2) is 10.4. The summed E-state index contributed by atoms with van der Waals surface area (Å²) in [5.74, 6) is 1.20. The molecule has 2 heterocycles. The lowest BCUT2D eigenvalue weighted by Gasteiger charge is -2.42. The summed E-state index contributed by atoms with van der Waals surface area (Å²) in [5, 5.41) is 3.98.